The van der Waals surface area contributed by atoms with Crippen molar-refractivity contribution in [3.05, 3.63) is 24.3 Å². The summed E-state index contributed by atoms with van der Waals surface area (Å²) >= 11 is 0.0579. The van der Waals surface area contributed by atoms with E-state index in [-0.39, 0.29) is 16.7 Å². The van der Waals surface area contributed by atoms with Crippen LogP contribution in [0.25, 0.3) is 0 Å². The first kappa shape index (κ1) is 9.60. The SMILES string of the molecule is [CH2]=[Ru][c]1ccccc1OCCC. The van der Waals surface area contributed by atoms with Crippen LogP contribution in [0.15, 0.2) is 24.3 Å². The molecule has 0 radical (unpaired) electrons. The van der Waals surface area contributed by atoms with E-state index in [0.717, 1.165) is 18.8 Å². The number of para-hydroxylation sites is 1. The third-order valence-electron chi connectivity index (χ3n) is 1.42. The fourth-order valence-corrected chi connectivity index (χ4v) is 1.82. The van der Waals surface area contributed by atoms with Crippen molar-refractivity contribution in [1.82, 2.24) is 0 Å². The molecule has 1 nitrogen and oxygen atoms in total. The van der Waals surface area contributed by atoms with Crippen molar-refractivity contribution in [2.45, 2.75) is 13.3 Å². The molecule has 0 aliphatic heterocycles. The second-order valence-corrected chi connectivity index (χ2v) is 3.94. The molecule has 67 valence electrons. The van der Waals surface area contributed by atoms with Crippen LogP contribution in [0.5, 0.6) is 5.75 Å². The Morgan fingerprint density at radius 3 is 2.83 bits per heavy atom. The molecule has 0 N–H and O–H groups in total. The van der Waals surface area contributed by atoms with E-state index in [0.29, 0.717) is 0 Å². The van der Waals surface area contributed by atoms with Gasteiger partial charge in [-0.1, -0.05) is 0 Å². The Morgan fingerprint density at radius 1 is 1.42 bits per heavy atom. The van der Waals surface area contributed by atoms with Gasteiger partial charge in [-0.15, -0.1) is 0 Å². The summed E-state index contributed by atoms with van der Waals surface area (Å²) in [4.78, 5) is 0. The maximum absolute atomic E-state index is 5.56. The zero-order valence-corrected chi connectivity index (χ0v) is 8.93. The van der Waals surface area contributed by atoms with Crippen LogP contribution in [0.4, 0.5) is 0 Å². The van der Waals surface area contributed by atoms with Gasteiger partial charge in [0, 0.05) is 0 Å². The van der Waals surface area contributed by atoms with Crippen molar-refractivity contribution in [3.63, 3.8) is 0 Å². The second-order valence-electron chi connectivity index (χ2n) is 2.39. The Kier molecular flexibility index (Phi) is 4.17. The van der Waals surface area contributed by atoms with Crippen LogP contribution in [0.1, 0.15) is 13.3 Å². The summed E-state index contributed by atoms with van der Waals surface area (Å²) in [5.41, 5.74) is 0. The molecule has 0 saturated heterocycles. The average molecular weight is 250 g/mol. The molecule has 0 saturated carbocycles. The summed E-state index contributed by atoms with van der Waals surface area (Å²) in [6.07, 6.45) is 1.06. The van der Waals surface area contributed by atoms with Gasteiger partial charge in [0.2, 0.25) is 0 Å². The van der Waals surface area contributed by atoms with E-state index >= 15 is 0 Å². The van der Waals surface area contributed by atoms with Gasteiger partial charge in [-0.2, -0.15) is 0 Å². The Bertz CT molecular complexity index is 258. The van der Waals surface area contributed by atoms with E-state index in [1.165, 1.54) is 4.16 Å². The molecule has 0 fully saturated rings. The van der Waals surface area contributed by atoms with Crippen LogP contribution in [-0.4, -0.2) is 11.7 Å². The Balaban J connectivity index is 2.75. The molecule has 2 heteroatoms. The fourth-order valence-electron chi connectivity index (χ4n) is 0.871. The topological polar surface area (TPSA) is 9.23 Å². The van der Waals surface area contributed by atoms with Crippen molar-refractivity contribution in [2.75, 3.05) is 6.61 Å². The van der Waals surface area contributed by atoms with E-state index in [1.807, 2.05) is 18.2 Å². The molecule has 0 heterocycles. The standard InChI is InChI=1S/C9H11O.CH2.Ru/c1-2-8-10-9-6-4-3-5-7-9;;/h3-6H,2,8H2,1H3;1H2;. The predicted octanol–water partition coefficient (Wildman–Crippen LogP) is 1.62. The summed E-state index contributed by atoms with van der Waals surface area (Å²) in [5, 5.41) is 3.93. The zero-order valence-electron chi connectivity index (χ0n) is 7.19. The van der Waals surface area contributed by atoms with Gasteiger partial charge in [-0.25, -0.2) is 0 Å². The molecule has 0 aromatic heterocycles. The third-order valence-corrected chi connectivity index (χ3v) is 2.80. The molecule has 12 heavy (non-hydrogen) atoms. The summed E-state index contributed by atoms with van der Waals surface area (Å²) in [6, 6.07) is 8.15. The Morgan fingerprint density at radius 2 is 2.17 bits per heavy atom. The van der Waals surface area contributed by atoms with Gasteiger partial charge in [0.1, 0.15) is 0 Å². The molecule has 1 rings (SSSR count). The van der Waals surface area contributed by atoms with Crippen LogP contribution in [0.2, 0.25) is 0 Å². The Labute approximate surface area is 80.9 Å². The van der Waals surface area contributed by atoms with Crippen LogP contribution in [0, 0.1) is 0 Å². The predicted molar refractivity (Wildman–Crippen MR) is 49.0 cm³/mol. The normalized spacial score (nSPS) is 9.75. The van der Waals surface area contributed by atoms with Gasteiger partial charge < -0.3 is 0 Å². The monoisotopic (exact) mass is 251 g/mol. The first-order valence-electron chi connectivity index (χ1n) is 3.95. The van der Waals surface area contributed by atoms with E-state index in [1.54, 1.807) is 0 Å². The van der Waals surface area contributed by atoms with Gasteiger partial charge >= 0.3 is 80.6 Å². The average Bonchev–Trinajstić information content (AvgIpc) is 2.15. The van der Waals surface area contributed by atoms with Gasteiger partial charge in [0.25, 0.3) is 0 Å². The van der Waals surface area contributed by atoms with E-state index in [2.05, 4.69) is 18.1 Å². The van der Waals surface area contributed by atoms with Crippen molar-refractivity contribution in [1.29, 1.82) is 0 Å². The van der Waals surface area contributed by atoms with Gasteiger partial charge in [-0.3, -0.25) is 0 Å². The van der Waals surface area contributed by atoms with Crippen LogP contribution < -0.4 is 8.89 Å². The van der Waals surface area contributed by atoms with Crippen molar-refractivity contribution < 1.29 is 21.4 Å². The molecular formula is C10H13ORu. The number of rotatable bonds is 4. The fraction of sp³-hybridized carbons (Fsp3) is 0.300. The van der Waals surface area contributed by atoms with Gasteiger partial charge in [0.15, 0.2) is 0 Å². The molecule has 0 amide bonds. The molecule has 0 bridgehead atoms. The van der Waals surface area contributed by atoms with Crippen LogP contribution >= 0.6 is 0 Å². The van der Waals surface area contributed by atoms with Crippen molar-refractivity contribution in [2.24, 2.45) is 0 Å². The second kappa shape index (κ2) is 5.21. The van der Waals surface area contributed by atoms with Crippen molar-refractivity contribution >= 4 is 9.27 Å². The summed E-state index contributed by atoms with van der Waals surface area (Å²) in [7, 11) is 0. The van der Waals surface area contributed by atoms with Gasteiger partial charge in [-0.05, 0) is 0 Å². The summed E-state index contributed by atoms with van der Waals surface area (Å²) in [5.74, 6) is 1.02. The quantitative estimate of drug-likeness (QED) is 0.738. The van der Waals surface area contributed by atoms with Crippen LogP contribution in [0.3, 0.4) is 0 Å². The number of ether oxygens (including phenoxy) is 1. The molecular weight excluding hydrogens is 237 g/mol. The number of hydrogen-bond donors (Lipinski definition) is 0. The van der Waals surface area contributed by atoms with Crippen LogP contribution in [-0.2, 0) is 16.7 Å². The summed E-state index contributed by atoms with van der Waals surface area (Å²) in [6.45, 7) is 2.91. The third kappa shape index (κ3) is 2.53. The minimum absolute atomic E-state index is 0.0579. The molecule has 1 aromatic carbocycles. The maximum atomic E-state index is 5.56. The first-order chi connectivity index (χ1) is 5.88. The first-order valence-corrected chi connectivity index (χ1v) is 6.05. The molecule has 0 aliphatic carbocycles. The number of hydrogen-bond acceptors (Lipinski definition) is 1. The molecule has 0 aliphatic rings. The minimum atomic E-state index is 0.0579. The van der Waals surface area contributed by atoms with E-state index < -0.39 is 0 Å². The molecule has 0 atom stereocenters. The van der Waals surface area contributed by atoms with E-state index in [4.69, 9.17) is 4.74 Å². The molecule has 0 unspecified atom stereocenters. The molecule has 0 spiro atoms. The Hall–Kier alpha value is -0.487. The number of benzene rings is 1. The molecule has 1 aromatic rings. The van der Waals surface area contributed by atoms with Gasteiger partial charge in [0.05, 0.1) is 0 Å². The zero-order chi connectivity index (χ0) is 8.81. The summed E-state index contributed by atoms with van der Waals surface area (Å²) < 4.78 is 6.84. The van der Waals surface area contributed by atoms with E-state index in [9.17, 15) is 0 Å². The van der Waals surface area contributed by atoms with Crippen molar-refractivity contribution in [3.8, 4) is 5.75 Å².